The number of amides is 1. The Labute approximate surface area is 156 Å². The number of phenolic OH excluding ortho intramolecular Hbond substituents is 1. The van der Waals surface area contributed by atoms with Gasteiger partial charge in [-0.3, -0.25) is 4.79 Å². The van der Waals surface area contributed by atoms with Crippen LogP contribution in [0.25, 0.3) is 0 Å². The van der Waals surface area contributed by atoms with Crippen LogP contribution in [0, 0.1) is 0 Å². The molecule has 4 rings (SSSR count). The minimum atomic E-state index is -0.391. The zero-order valence-corrected chi connectivity index (χ0v) is 14.4. The molecule has 1 atom stereocenters. The van der Waals surface area contributed by atoms with Crippen LogP contribution < -0.4 is 5.32 Å². The first-order chi connectivity index (χ1) is 13.1. The highest BCUT2D eigenvalue weighted by Gasteiger charge is 2.28. The van der Waals surface area contributed by atoms with Crippen molar-refractivity contribution < 1.29 is 19.4 Å². The molecule has 0 spiro atoms. The van der Waals surface area contributed by atoms with E-state index in [1.807, 2.05) is 30.3 Å². The molecule has 1 heterocycles. The van der Waals surface area contributed by atoms with E-state index >= 15 is 0 Å². The first kappa shape index (κ1) is 16.8. The predicted molar refractivity (Wildman–Crippen MR) is 101 cm³/mol. The maximum absolute atomic E-state index is 12.5. The number of rotatable bonds is 3. The van der Waals surface area contributed by atoms with E-state index in [1.165, 1.54) is 6.07 Å². The fourth-order valence-corrected chi connectivity index (χ4v) is 3.16. The lowest BCUT2D eigenvalue weighted by Crippen LogP contribution is -2.23. The van der Waals surface area contributed by atoms with E-state index in [2.05, 4.69) is 5.32 Å². The van der Waals surface area contributed by atoms with Gasteiger partial charge in [0.15, 0.2) is 0 Å². The fraction of sp³-hybridized carbons (Fsp3) is 0.0909. The number of nitrogens with one attached hydrogen (secondary N) is 1. The van der Waals surface area contributed by atoms with Crippen LogP contribution in [0.4, 0.5) is 5.69 Å². The van der Waals surface area contributed by atoms with Crippen LogP contribution in [0.15, 0.2) is 72.8 Å². The molecule has 0 aliphatic carbocycles. The Bertz CT molecular complexity index is 1010. The van der Waals surface area contributed by atoms with Crippen molar-refractivity contribution in [2.24, 2.45) is 0 Å². The third kappa shape index (κ3) is 3.40. The second-order valence-corrected chi connectivity index (χ2v) is 6.35. The van der Waals surface area contributed by atoms with E-state index in [-0.39, 0.29) is 17.8 Å². The van der Waals surface area contributed by atoms with Crippen LogP contribution in [0.3, 0.4) is 0 Å². The molecule has 0 saturated heterocycles. The Hall–Kier alpha value is -3.60. The highest BCUT2D eigenvalue weighted by molar-refractivity contribution is 6.06. The maximum Gasteiger partial charge on any atom is 0.339 e. The third-order valence-electron chi connectivity index (χ3n) is 4.57. The number of carbonyl (C=O) groups excluding carboxylic acids is 2. The van der Waals surface area contributed by atoms with Crippen LogP contribution >= 0.6 is 0 Å². The van der Waals surface area contributed by atoms with Gasteiger partial charge >= 0.3 is 5.97 Å². The van der Waals surface area contributed by atoms with Gasteiger partial charge in [0.2, 0.25) is 0 Å². The van der Waals surface area contributed by atoms with Crippen molar-refractivity contribution in [3.05, 3.63) is 95.1 Å². The topological polar surface area (TPSA) is 75.6 Å². The van der Waals surface area contributed by atoms with E-state index in [0.717, 1.165) is 11.1 Å². The van der Waals surface area contributed by atoms with Crippen molar-refractivity contribution >= 4 is 17.6 Å². The highest BCUT2D eigenvalue weighted by atomic mass is 16.5. The molecular formula is C22H17NO4. The largest absolute Gasteiger partial charge is 0.506 e. The van der Waals surface area contributed by atoms with Gasteiger partial charge in [0.05, 0.1) is 11.3 Å². The SMILES string of the molecule is O=C(Nc1ccccc1O)c1ccc2c(c1)C[C@H](c1ccccc1)OC2=O. The molecule has 2 N–H and O–H groups in total. The van der Waals surface area contributed by atoms with Crippen molar-refractivity contribution in [1.29, 1.82) is 0 Å². The molecule has 3 aromatic carbocycles. The molecule has 5 nitrogen and oxygen atoms in total. The van der Waals surface area contributed by atoms with Gasteiger partial charge in [-0.05, 0) is 41.5 Å². The molecular weight excluding hydrogens is 342 g/mol. The summed E-state index contributed by atoms with van der Waals surface area (Å²) >= 11 is 0. The Morgan fingerprint density at radius 3 is 2.52 bits per heavy atom. The molecule has 0 radical (unpaired) electrons. The minimum absolute atomic E-state index is 0.00321. The molecule has 3 aromatic rings. The van der Waals surface area contributed by atoms with Crippen LogP contribution in [0.5, 0.6) is 5.75 Å². The van der Waals surface area contributed by atoms with Crippen LogP contribution in [-0.2, 0) is 11.2 Å². The Morgan fingerprint density at radius 1 is 1.00 bits per heavy atom. The summed E-state index contributed by atoms with van der Waals surface area (Å²) in [5, 5.41) is 12.5. The van der Waals surface area contributed by atoms with E-state index < -0.39 is 5.97 Å². The summed E-state index contributed by atoms with van der Waals surface area (Å²) in [5.41, 5.74) is 2.91. The maximum atomic E-state index is 12.5. The zero-order valence-electron chi connectivity index (χ0n) is 14.4. The Kier molecular flexibility index (Phi) is 4.34. The van der Waals surface area contributed by atoms with Gasteiger partial charge in [-0.15, -0.1) is 0 Å². The monoisotopic (exact) mass is 359 g/mol. The van der Waals surface area contributed by atoms with Gasteiger partial charge in [-0.2, -0.15) is 0 Å². The summed E-state index contributed by atoms with van der Waals surface area (Å²) in [6, 6.07) is 21.0. The fourth-order valence-electron chi connectivity index (χ4n) is 3.16. The van der Waals surface area contributed by atoms with Crippen molar-refractivity contribution in [2.75, 3.05) is 5.32 Å². The van der Waals surface area contributed by atoms with Gasteiger partial charge in [0.25, 0.3) is 5.91 Å². The number of para-hydroxylation sites is 2. The number of phenols is 1. The molecule has 0 saturated carbocycles. The van der Waals surface area contributed by atoms with Crippen molar-refractivity contribution in [1.82, 2.24) is 0 Å². The number of aromatic hydroxyl groups is 1. The first-order valence-corrected chi connectivity index (χ1v) is 8.60. The molecule has 0 unspecified atom stereocenters. The van der Waals surface area contributed by atoms with Crippen LogP contribution in [0.1, 0.15) is 37.9 Å². The van der Waals surface area contributed by atoms with Gasteiger partial charge in [0, 0.05) is 12.0 Å². The normalized spacial score (nSPS) is 15.6. The Balaban J connectivity index is 1.60. The number of carbonyl (C=O) groups is 2. The quantitative estimate of drug-likeness (QED) is 0.545. The standard InChI is InChI=1S/C22H17NO4/c24-19-9-5-4-8-18(19)23-21(25)15-10-11-17-16(12-15)13-20(27-22(17)26)14-6-2-1-3-7-14/h1-12,20,24H,13H2,(H,23,25)/t20-/m1/s1. The average molecular weight is 359 g/mol. The van der Waals surface area contributed by atoms with E-state index in [9.17, 15) is 14.7 Å². The van der Waals surface area contributed by atoms with Gasteiger partial charge in [-0.25, -0.2) is 4.79 Å². The summed E-state index contributed by atoms with van der Waals surface area (Å²) in [6.45, 7) is 0. The average Bonchev–Trinajstić information content (AvgIpc) is 2.70. The number of esters is 1. The van der Waals surface area contributed by atoms with Crippen LogP contribution in [-0.4, -0.2) is 17.0 Å². The lowest BCUT2D eigenvalue weighted by molar-refractivity contribution is 0.0252. The Morgan fingerprint density at radius 2 is 1.74 bits per heavy atom. The molecule has 134 valence electrons. The number of benzene rings is 3. The van der Waals surface area contributed by atoms with Crippen molar-refractivity contribution in [3.63, 3.8) is 0 Å². The van der Waals surface area contributed by atoms with Gasteiger partial charge < -0.3 is 15.2 Å². The highest BCUT2D eigenvalue weighted by Crippen LogP contribution is 2.31. The molecule has 1 aliphatic heterocycles. The summed E-state index contributed by atoms with van der Waals surface area (Å²) in [7, 11) is 0. The predicted octanol–water partition coefficient (Wildman–Crippen LogP) is 4.10. The molecule has 0 aromatic heterocycles. The smallest absolute Gasteiger partial charge is 0.339 e. The first-order valence-electron chi connectivity index (χ1n) is 8.60. The number of cyclic esters (lactones) is 1. The summed E-state index contributed by atoms with van der Waals surface area (Å²) in [4.78, 5) is 24.9. The molecule has 1 amide bonds. The lowest BCUT2D eigenvalue weighted by Gasteiger charge is -2.25. The van der Waals surface area contributed by atoms with E-state index in [4.69, 9.17) is 4.74 Å². The number of hydrogen-bond acceptors (Lipinski definition) is 4. The second-order valence-electron chi connectivity index (χ2n) is 6.35. The molecule has 27 heavy (non-hydrogen) atoms. The molecule has 0 fully saturated rings. The minimum Gasteiger partial charge on any atom is -0.506 e. The zero-order chi connectivity index (χ0) is 18.8. The number of hydrogen-bond donors (Lipinski definition) is 2. The van der Waals surface area contributed by atoms with Crippen LogP contribution in [0.2, 0.25) is 0 Å². The molecule has 5 heteroatoms. The van der Waals surface area contributed by atoms with Crippen molar-refractivity contribution in [3.8, 4) is 5.75 Å². The van der Waals surface area contributed by atoms with E-state index in [1.54, 1.807) is 36.4 Å². The van der Waals surface area contributed by atoms with Gasteiger partial charge in [-0.1, -0.05) is 42.5 Å². The summed E-state index contributed by atoms with van der Waals surface area (Å²) in [5.74, 6) is -0.746. The van der Waals surface area contributed by atoms with Crippen molar-refractivity contribution in [2.45, 2.75) is 12.5 Å². The summed E-state index contributed by atoms with van der Waals surface area (Å²) < 4.78 is 5.54. The molecule has 0 bridgehead atoms. The molecule has 1 aliphatic rings. The number of anilines is 1. The van der Waals surface area contributed by atoms with E-state index in [0.29, 0.717) is 23.2 Å². The second kappa shape index (κ2) is 6.96. The number of ether oxygens (including phenoxy) is 1. The summed E-state index contributed by atoms with van der Waals surface area (Å²) in [6.07, 6.45) is 0.130. The third-order valence-corrected chi connectivity index (χ3v) is 4.57. The lowest BCUT2D eigenvalue weighted by atomic mass is 9.93. The number of fused-ring (bicyclic) bond motifs is 1. The van der Waals surface area contributed by atoms with Gasteiger partial charge in [0.1, 0.15) is 11.9 Å².